The molecular formula is C15H19Cl. The largest absolute Gasteiger partial charge is 0.0956 e. The highest BCUT2D eigenvalue weighted by Gasteiger charge is 2.06. The van der Waals surface area contributed by atoms with Crippen LogP contribution in [-0.2, 0) is 0 Å². The first kappa shape index (κ1) is 13.1. The van der Waals surface area contributed by atoms with Gasteiger partial charge in [-0.1, -0.05) is 36.7 Å². The average Bonchev–Trinajstić information content (AvgIpc) is 2.29. The van der Waals surface area contributed by atoms with E-state index in [1.54, 1.807) is 0 Å². The molecule has 1 aromatic carbocycles. The number of benzene rings is 1. The Morgan fingerprint density at radius 1 is 1.31 bits per heavy atom. The summed E-state index contributed by atoms with van der Waals surface area (Å²) in [5.41, 5.74) is 6.21. The molecule has 1 rings (SSSR count). The molecule has 0 aliphatic heterocycles. The highest BCUT2D eigenvalue weighted by Crippen LogP contribution is 2.28. The zero-order valence-electron chi connectivity index (χ0n) is 10.5. The average molecular weight is 235 g/mol. The Balaban J connectivity index is 3.27. The SMILES string of the molecule is C=C(CC)/C(C)=C(\C)c1cc(Cl)ccc1C. The van der Waals surface area contributed by atoms with Gasteiger partial charge >= 0.3 is 0 Å². The lowest BCUT2D eigenvalue weighted by molar-refractivity contribution is 1.11. The highest BCUT2D eigenvalue weighted by atomic mass is 35.5. The van der Waals surface area contributed by atoms with Crippen molar-refractivity contribution < 1.29 is 0 Å². The van der Waals surface area contributed by atoms with Crippen LogP contribution in [0, 0.1) is 6.92 Å². The topological polar surface area (TPSA) is 0 Å². The van der Waals surface area contributed by atoms with Crippen LogP contribution in [0.2, 0.25) is 5.02 Å². The first-order chi connectivity index (χ1) is 7.47. The molecule has 0 saturated heterocycles. The molecule has 0 N–H and O–H groups in total. The van der Waals surface area contributed by atoms with Crippen LogP contribution in [0.3, 0.4) is 0 Å². The molecule has 0 unspecified atom stereocenters. The molecule has 0 heterocycles. The van der Waals surface area contributed by atoms with E-state index in [0.717, 1.165) is 11.4 Å². The van der Waals surface area contributed by atoms with Crippen LogP contribution in [0.4, 0.5) is 0 Å². The van der Waals surface area contributed by atoms with Gasteiger partial charge in [0.15, 0.2) is 0 Å². The first-order valence-electron chi connectivity index (χ1n) is 5.59. The van der Waals surface area contributed by atoms with Gasteiger partial charge < -0.3 is 0 Å². The fraction of sp³-hybridized carbons (Fsp3) is 0.333. The maximum absolute atomic E-state index is 6.03. The quantitative estimate of drug-likeness (QED) is 0.614. The fourth-order valence-electron chi connectivity index (χ4n) is 1.73. The van der Waals surface area contributed by atoms with Gasteiger partial charge in [0.2, 0.25) is 0 Å². The van der Waals surface area contributed by atoms with Gasteiger partial charge in [-0.25, -0.2) is 0 Å². The van der Waals surface area contributed by atoms with Gasteiger partial charge in [0.1, 0.15) is 0 Å². The third-order valence-corrected chi connectivity index (χ3v) is 3.36. The van der Waals surface area contributed by atoms with Crippen molar-refractivity contribution in [1.82, 2.24) is 0 Å². The van der Waals surface area contributed by atoms with E-state index in [2.05, 4.69) is 40.3 Å². The molecule has 1 aromatic rings. The van der Waals surface area contributed by atoms with Crippen molar-refractivity contribution >= 4 is 17.2 Å². The minimum atomic E-state index is 0.787. The summed E-state index contributed by atoms with van der Waals surface area (Å²) in [7, 11) is 0. The molecule has 0 atom stereocenters. The third kappa shape index (κ3) is 2.76. The molecule has 0 fully saturated rings. The van der Waals surface area contributed by atoms with Crippen molar-refractivity contribution in [2.45, 2.75) is 34.1 Å². The van der Waals surface area contributed by atoms with Crippen LogP contribution in [-0.4, -0.2) is 0 Å². The zero-order chi connectivity index (χ0) is 12.3. The van der Waals surface area contributed by atoms with Gasteiger partial charge in [-0.05, 0) is 61.6 Å². The fourth-order valence-corrected chi connectivity index (χ4v) is 1.90. The van der Waals surface area contributed by atoms with Gasteiger partial charge in [0, 0.05) is 5.02 Å². The van der Waals surface area contributed by atoms with Crippen LogP contribution < -0.4 is 0 Å². The van der Waals surface area contributed by atoms with E-state index in [0.29, 0.717) is 0 Å². The Morgan fingerprint density at radius 3 is 2.50 bits per heavy atom. The highest BCUT2D eigenvalue weighted by molar-refractivity contribution is 6.30. The van der Waals surface area contributed by atoms with Crippen molar-refractivity contribution in [3.05, 3.63) is 52.1 Å². The molecule has 0 saturated carbocycles. The molecule has 0 spiro atoms. The second kappa shape index (κ2) is 5.36. The number of allylic oxidation sites excluding steroid dienone is 3. The van der Waals surface area contributed by atoms with E-state index in [9.17, 15) is 0 Å². The number of rotatable bonds is 3. The van der Waals surface area contributed by atoms with E-state index >= 15 is 0 Å². The Morgan fingerprint density at radius 2 is 1.94 bits per heavy atom. The molecule has 86 valence electrons. The van der Waals surface area contributed by atoms with Crippen molar-refractivity contribution in [3.63, 3.8) is 0 Å². The lowest BCUT2D eigenvalue weighted by atomic mass is 9.94. The minimum Gasteiger partial charge on any atom is -0.0956 e. The van der Waals surface area contributed by atoms with Crippen LogP contribution in [0.25, 0.3) is 5.57 Å². The maximum Gasteiger partial charge on any atom is 0.0412 e. The Kier molecular flexibility index (Phi) is 4.37. The Hall–Kier alpha value is -1.01. The zero-order valence-corrected chi connectivity index (χ0v) is 11.3. The molecule has 0 nitrogen and oxygen atoms in total. The van der Waals surface area contributed by atoms with Gasteiger partial charge in [-0.2, -0.15) is 0 Å². The summed E-state index contributed by atoms with van der Waals surface area (Å²) in [6.07, 6.45) is 0.989. The molecule has 0 aliphatic carbocycles. The minimum absolute atomic E-state index is 0.787. The van der Waals surface area contributed by atoms with Crippen molar-refractivity contribution in [3.8, 4) is 0 Å². The van der Waals surface area contributed by atoms with Crippen molar-refractivity contribution in [2.75, 3.05) is 0 Å². The Bertz CT molecular complexity index is 439. The molecule has 0 aromatic heterocycles. The molecule has 0 aliphatic rings. The summed E-state index contributed by atoms with van der Waals surface area (Å²) >= 11 is 6.03. The number of aryl methyl sites for hydroxylation is 1. The molecule has 0 radical (unpaired) electrons. The van der Waals surface area contributed by atoms with Crippen LogP contribution in [0.1, 0.15) is 38.3 Å². The molecule has 0 amide bonds. The molecular weight excluding hydrogens is 216 g/mol. The summed E-state index contributed by atoms with van der Waals surface area (Å²) in [6.45, 7) is 12.6. The van der Waals surface area contributed by atoms with Crippen molar-refractivity contribution in [1.29, 1.82) is 0 Å². The lowest BCUT2D eigenvalue weighted by Gasteiger charge is -2.12. The summed E-state index contributed by atoms with van der Waals surface area (Å²) in [5.74, 6) is 0. The summed E-state index contributed by atoms with van der Waals surface area (Å²) in [6, 6.07) is 6.01. The van der Waals surface area contributed by atoms with E-state index in [1.807, 2.05) is 12.1 Å². The summed E-state index contributed by atoms with van der Waals surface area (Å²) < 4.78 is 0. The van der Waals surface area contributed by atoms with E-state index in [-0.39, 0.29) is 0 Å². The Labute approximate surface area is 104 Å². The van der Waals surface area contributed by atoms with E-state index < -0.39 is 0 Å². The smallest absolute Gasteiger partial charge is 0.0412 e. The first-order valence-corrected chi connectivity index (χ1v) is 5.97. The predicted octanol–water partition coefficient (Wildman–Crippen LogP) is 5.41. The van der Waals surface area contributed by atoms with Crippen LogP contribution in [0.15, 0.2) is 35.9 Å². The second-order valence-corrected chi connectivity index (χ2v) is 4.60. The summed E-state index contributed by atoms with van der Waals surface area (Å²) in [4.78, 5) is 0. The van der Waals surface area contributed by atoms with Crippen LogP contribution in [0.5, 0.6) is 0 Å². The van der Waals surface area contributed by atoms with Crippen molar-refractivity contribution in [2.24, 2.45) is 0 Å². The van der Waals surface area contributed by atoms with Gasteiger partial charge in [0.25, 0.3) is 0 Å². The lowest BCUT2D eigenvalue weighted by Crippen LogP contribution is -1.91. The van der Waals surface area contributed by atoms with Gasteiger partial charge in [-0.3, -0.25) is 0 Å². The van der Waals surface area contributed by atoms with Gasteiger partial charge in [0.05, 0.1) is 0 Å². The number of hydrogen-bond donors (Lipinski definition) is 0. The third-order valence-electron chi connectivity index (χ3n) is 3.12. The standard InChI is InChI=1S/C15H19Cl/c1-6-10(2)12(4)13(5)15-9-14(16)8-7-11(15)3/h7-9H,2,6H2,1,3-5H3/b13-12+. The monoisotopic (exact) mass is 234 g/mol. The van der Waals surface area contributed by atoms with E-state index in [1.165, 1.54) is 27.8 Å². The molecule has 1 heteroatoms. The number of halogens is 1. The summed E-state index contributed by atoms with van der Waals surface area (Å²) in [5, 5.41) is 0.787. The molecule has 0 bridgehead atoms. The normalized spacial score (nSPS) is 12.3. The number of hydrogen-bond acceptors (Lipinski definition) is 0. The second-order valence-electron chi connectivity index (χ2n) is 4.17. The molecule has 16 heavy (non-hydrogen) atoms. The van der Waals surface area contributed by atoms with Crippen LogP contribution >= 0.6 is 11.6 Å². The predicted molar refractivity (Wildman–Crippen MR) is 73.9 cm³/mol. The maximum atomic E-state index is 6.03. The van der Waals surface area contributed by atoms with Gasteiger partial charge in [-0.15, -0.1) is 0 Å². The van der Waals surface area contributed by atoms with E-state index in [4.69, 9.17) is 11.6 Å².